The number of hydrogen-bond acceptors (Lipinski definition) is 7. The van der Waals surface area contributed by atoms with Gasteiger partial charge in [0.05, 0.1) is 18.6 Å². The van der Waals surface area contributed by atoms with Gasteiger partial charge in [0, 0.05) is 0 Å². The maximum Gasteiger partial charge on any atom is 0.326 e. The van der Waals surface area contributed by atoms with Crippen LogP contribution in [0.25, 0.3) is 6.08 Å². The Morgan fingerprint density at radius 2 is 1.87 bits per heavy atom. The molecule has 1 heterocycles. The molecule has 30 heavy (non-hydrogen) atoms. The van der Waals surface area contributed by atoms with E-state index in [9.17, 15) is 14.4 Å². The summed E-state index contributed by atoms with van der Waals surface area (Å²) in [6, 6.07) is 14.9. The summed E-state index contributed by atoms with van der Waals surface area (Å²) in [6.45, 7) is 1.80. The van der Waals surface area contributed by atoms with E-state index in [0.717, 1.165) is 22.2 Å². The van der Waals surface area contributed by atoms with Crippen LogP contribution in [-0.2, 0) is 20.9 Å². The van der Waals surface area contributed by atoms with E-state index in [1.54, 1.807) is 38.3 Å². The molecule has 8 heteroatoms. The number of imide groups is 1. The molecule has 0 bridgehead atoms. The minimum atomic E-state index is -0.623. The second-order valence-corrected chi connectivity index (χ2v) is 7.25. The average molecular weight is 427 g/mol. The number of esters is 1. The van der Waals surface area contributed by atoms with Crippen molar-refractivity contribution in [1.82, 2.24) is 4.90 Å². The fourth-order valence-electron chi connectivity index (χ4n) is 2.75. The zero-order chi connectivity index (χ0) is 21.5. The zero-order valence-corrected chi connectivity index (χ0v) is 17.4. The molecule has 2 aromatic carbocycles. The second kappa shape index (κ2) is 9.98. The van der Waals surface area contributed by atoms with Gasteiger partial charge in [-0.3, -0.25) is 19.3 Å². The molecule has 0 aliphatic carbocycles. The molecule has 0 spiro atoms. The predicted molar refractivity (Wildman–Crippen MR) is 113 cm³/mol. The second-order valence-electron chi connectivity index (χ2n) is 6.26. The third-order valence-corrected chi connectivity index (χ3v) is 5.10. The van der Waals surface area contributed by atoms with Gasteiger partial charge in [0.25, 0.3) is 11.1 Å². The Hall–Kier alpha value is -3.26. The first-order valence-electron chi connectivity index (χ1n) is 9.27. The first-order valence-corrected chi connectivity index (χ1v) is 10.1. The van der Waals surface area contributed by atoms with Crippen molar-refractivity contribution in [2.24, 2.45) is 0 Å². The molecular formula is C22H21NO6S. The lowest BCUT2D eigenvalue weighted by molar-refractivity contribution is -0.145. The molecule has 2 amide bonds. The van der Waals surface area contributed by atoms with Crippen LogP contribution in [0.15, 0.2) is 53.4 Å². The van der Waals surface area contributed by atoms with Crippen molar-refractivity contribution in [2.45, 2.75) is 13.5 Å². The molecular weight excluding hydrogens is 406 g/mol. The van der Waals surface area contributed by atoms with Gasteiger partial charge in [0.15, 0.2) is 11.5 Å². The van der Waals surface area contributed by atoms with E-state index < -0.39 is 23.7 Å². The summed E-state index contributed by atoms with van der Waals surface area (Å²) in [7, 11) is 1.55. The summed E-state index contributed by atoms with van der Waals surface area (Å²) in [5.41, 5.74) is 1.67. The zero-order valence-electron chi connectivity index (χ0n) is 16.6. The van der Waals surface area contributed by atoms with Crippen molar-refractivity contribution < 1.29 is 28.6 Å². The van der Waals surface area contributed by atoms with Crippen LogP contribution < -0.4 is 9.47 Å². The molecule has 0 unspecified atom stereocenters. The molecule has 2 aromatic rings. The van der Waals surface area contributed by atoms with Gasteiger partial charge >= 0.3 is 5.97 Å². The fraction of sp³-hybridized carbons (Fsp3) is 0.227. The first kappa shape index (κ1) is 21.4. The third-order valence-electron chi connectivity index (χ3n) is 4.19. The number of methoxy groups -OCH3 is 1. The van der Waals surface area contributed by atoms with Crippen molar-refractivity contribution in [3.05, 3.63) is 64.6 Å². The van der Waals surface area contributed by atoms with Gasteiger partial charge in [0.2, 0.25) is 0 Å². The minimum Gasteiger partial charge on any atom is -0.493 e. The predicted octanol–water partition coefficient (Wildman–Crippen LogP) is 3.87. The van der Waals surface area contributed by atoms with E-state index in [1.165, 1.54) is 0 Å². The standard InChI is InChI=1S/C22H21NO6S/c1-3-28-20(24)13-23-21(25)19(30-22(23)26)12-16-9-10-17(27-2)18(11-16)29-14-15-7-5-4-6-8-15/h4-12H,3,13-14H2,1-2H3. The van der Waals surface area contributed by atoms with Crippen LogP contribution in [0.5, 0.6) is 11.5 Å². The lowest BCUT2D eigenvalue weighted by atomic mass is 10.1. The molecule has 1 saturated heterocycles. The summed E-state index contributed by atoms with van der Waals surface area (Å²) in [5, 5.41) is -0.506. The molecule has 1 aliphatic rings. The summed E-state index contributed by atoms with van der Waals surface area (Å²) in [4.78, 5) is 37.4. The molecule has 7 nitrogen and oxygen atoms in total. The fourth-order valence-corrected chi connectivity index (χ4v) is 3.59. The van der Waals surface area contributed by atoms with Crippen LogP contribution in [0.2, 0.25) is 0 Å². The lowest BCUT2D eigenvalue weighted by Crippen LogP contribution is -2.34. The normalized spacial score (nSPS) is 14.9. The summed E-state index contributed by atoms with van der Waals surface area (Å²) in [6.07, 6.45) is 1.59. The summed E-state index contributed by atoms with van der Waals surface area (Å²) < 4.78 is 16.0. The topological polar surface area (TPSA) is 82.1 Å². The van der Waals surface area contributed by atoms with Crippen LogP contribution in [0.1, 0.15) is 18.1 Å². The molecule has 0 saturated carbocycles. The molecule has 0 aromatic heterocycles. The minimum absolute atomic E-state index is 0.183. The number of amides is 2. The van der Waals surface area contributed by atoms with Crippen molar-refractivity contribution in [1.29, 1.82) is 0 Å². The molecule has 1 fully saturated rings. The summed E-state index contributed by atoms with van der Waals surface area (Å²) >= 11 is 0.781. The number of carbonyl (C=O) groups excluding carboxylic acids is 3. The monoisotopic (exact) mass is 427 g/mol. The molecule has 1 aliphatic heterocycles. The number of benzene rings is 2. The summed E-state index contributed by atoms with van der Waals surface area (Å²) in [5.74, 6) is -0.0814. The smallest absolute Gasteiger partial charge is 0.326 e. The number of rotatable bonds is 8. The molecule has 0 N–H and O–H groups in total. The largest absolute Gasteiger partial charge is 0.493 e. The number of thioether (sulfide) groups is 1. The van der Waals surface area contributed by atoms with E-state index in [-0.39, 0.29) is 11.5 Å². The molecule has 0 atom stereocenters. The Morgan fingerprint density at radius 1 is 1.10 bits per heavy atom. The van der Waals surface area contributed by atoms with E-state index in [0.29, 0.717) is 23.7 Å². The van der Waals surface area contributed by atoms with Gasteiger partial charge in [-0.2, -0.15) is 0 Å². The highest BCUT2D eigenvalue weighted by Gasteiger charge is 2.36. The lowest BCUT2D eigenvalue weighted by Gasteiger charge is -2.12. The Labute approximate surface area is 178 Å². The number of hydrogen-bond donors (Lipinski definition) is 0. The van der Waals surface area contributed by atoms with E-state index in [4.69, 9.17) is 14.2 Å². The van der Waals surface area contributed by atoms with E-state index in [1.807, 2.05) is 30.3 Å². The number of carbonyl (C=O) groups is 3. The third kappa shape index (κ3) is 5.21. The van der Waals surface area contributed by atoms with Gasteiger partial charge in [0.1, 0.15) is 13.2 Å². The molecule has 156 valence electrons. The highest BCUT2D eigenvalue weighted by Crippen LogP contribution is 2.34. The van der Waals surface area contributed by atoms with Gasteiger partial charge in [-0.15, -0.1) is 0 Å². The van der Waals surface area contributed by atoms with Gasteiger partial charge in [-0.1, -0.05) is 36.4 Å². The van der Waals surface area contributed by atoms with Crippen LogP contribution in [0.3, 0.4) is 0 Å². The molecule has 3 rings (SSSR count). The van der Waals surface area contributed by atoms with Gasteiger partial charge in [-0.25, -0.2) is 0 Å². The highest BCUT2D eigenvalue weighted by molar-refractivity contribution is 8.18. The van der Waals surface area contributed by atoms with Crippen LogP contribution in [-0.4, -0.2) is 42.3 Å². The van der Waals surface area contributed by atoms with Crippen LogP contribution in [0.4, 0.5) is 4.79 Å². The van der Waals surface area contributed by atoms with Gasteiger partial charge < -0.3 is 14.2 Å². The Morgan fingerprint density at radius 3 is 2.57 bits per heavy atom. The highest BCUT2D eigenvalue weighted by atomic mass is 32.2. The average Bonchev–Trinajstić information content (AvgIpc) is 3.00. The Balaban J connectivity index is 1.77. The Kier molecular flexibility index (Phi) is 7.13. The van der Waals surface area contributed by atoms with Crippen LogP contribution >= 0.6 is 11.8 Å². The van der Waals surface area contributed by atoms with E-state index in [2.05, 4.69) is 0 Å². The van der Waals surface area contributed by atoms with E-state index >= 15 is 0 Å². The van der Waals surface area contributed by atoms with Crippen molar-refractivity contribution >= 4 is 35.0 Å². The maximum atomic E-state index is 12.5. The van der Waals surface area contributed by atoms with Crippen molar-refractivity contribution in [2.75, 3.05) is 20.3 Å². The quantitative estimate of drug-likeness (QED) is 0.467. The van der Waals surface area contributed by atoms with Crippen molar-refractivity contribution in [3.63, 3.8) is 0 Å². The number of nitrogens with zero attached hydrogens (tertiary/aromatic N) is 1. The van der Waals surface area contributed by atoms with Gasteiger partial charge in [-0.05, 0) is 48.0 Å². The molecule has 0 radical (unpaired) electrons. The number of ether oxygens (including phenoxy) is 3. The first-order chi connectivity index (χ1) is 14.5. The maximum absolute atomic E-state index is 12.5. The SMILES string of the molecule is CCOC(=O)CN1C(=O)SC(=Cc2ccc(OC)c(OCc3ccccc3)c2)C1=O. The Bertz CT molecular complexity index is 973. The van der Waals surface area contributed by atoms with Crippen LogP contribution in [0, 0.1) is 0 Å². The van der Waals surface area contributed by atoms with Crippen molar-refractivity contribution in [3.8, 4) is 11.5 Å².